The summed E-state index contributed by atoms with van der Waals surface area (Å²) in [5.41, 5.74) is 5.39. The molecule has 4 rings (SSSR count). The molecule has 0 aliphatic carbocycles. The molecule has 1 N–H and O–H groups in total. The molecule has 0 saturated carbocycles. The largest absolute Gasteiger partial charge is 0.361 e. The average Bonchev–Trinajstić information content (AvgIpc) is 3.25. The second-order valence-corrected chi connectivity index (χ2v) is 7.32. The molecule has 3 heteroatoms. The molecule has 0 amide bonds. The quantitative estimate of drug-likeness (QED) is 0.734. The van der Waals surface area contributed by atoms with Crippen LogP contribution in [0, 0.1) is 5.92 Å². The third-order valence-corrected chi connectivity index (χ3v) is 5.62. The number of aromatic nitrogens is 1. The second-order valence-electron chi connectivity index (χ2n) is 6.54. The third-order valence-electron chi connectivity index (χ3n) is 4.93. The predicted molar refractivity (Wildman–Crippen MR) is 95.5 cm³/mol. The monoisotopic (exact) mass is 310 g/mol. The second kappa shape index (κ2) is 5.90. The molecule has 3 aromatic rings. The van der Waals surface area contributed by atoms with Gasteiger partial charge in [0.1, 0.15) is 0 Å². The zero-order chi connectivity index (χ0) is 14.9. The Kier molecular flexibility index (Phi) is 3.77. The van der Waals surface area contributed by atoms with Gasteiger partial charge in [0.2, 0.25) is 0 Å². The van der Waals surface area contributed by atoms with Gasteiger partial charge < -0.3 is 9.88 Å². The minimum atomic E-state index is 0.870. The highest BCUT2D eigenvalue weighted by Gasteiger charge is 2.19. The van der Waals surface area contributed by atoms with Gasteiger partial charge in [-0.15, -0.1) is 0 Å². The Morgan fingerprint density at radius 2 is 2.23 bits per heavy atom. The Hall–Kier alpha value is -1.58. The zero-order valence-electron chi connectivity index (χ0n) is 13.0. The number of benzene rings is 1. The highest BCUT2D eigenvalue weighted by molar-refractivity contribution is 7.08. The van der Waals surface area contributed by atoms with Gasteiger partial charge >= 0.3 is 0 Å². The van der Waals surface area contributed by atoms with Crippen LogP contribution in [0.15, 0.2) is 41.2 Å². The van der Waals surface area contributed by atoms with E-state index in [1.807, 2.05) is 0 Å². The van der Waals surface area contributed by atoms with Crippen molar-refractivity contribution in [2.24, 2.45) is 5.92 Å². The summed E-state index contributed by atoms with van der Waals surface area (Å²) in [6.07, 6.45) is 6.06. The highest BCUT2D eigenvalue weighted by atomic mass is 32.1. The zero-order valence-corrected chi connectivity index (χ0v) is 13.8. The summed E-state index contributed by atoms with van der Waals surface area (Å²) >= 11 is 1.76. The SMILES string of the molecule is CN1CCC(CCc2c[nH]c3ccc(-c4ccsc4)cc23)C1. The lowest BCUT2D eigenvalue weighted by Crippen LogP contribution is -2.14. The van der Waals surface area contributed by atoms with Crippen LogP contribution in [0.25, 0.3) is 22.0 Å². The maximum absolute atomic E-state index is 3.44. The number of hydrogen-bond acceptors (Lipinski definition) is 2. The van der Waals surface area contributed by atoms with E-state index in [0.717, 1.165) is 5.92 Å². The fourth-order valence-corrected chi connectivity index (χ4v) is 4.28. The summed E-state index contributed by atoms with van der Waals surface area (Å²) in [6, 6.07) is 8.99. The number of likely N-dealkylation sites (tertiary alicyclic amines) is 1. The van der Waals surface area contributed by atoms with E-state index in [1.54, 1.807) is 11.3 Å². The first-order valence-corrected chi connectivity index (χ1v) is 9.05. The molecule has 2 aromatic heterocycles. The summed E-state index contributed by atoms with van der Waals surface area (Å²) in [5.74, 6) is 0.870. The van der Waals surface area contributed by atoms with Crippen LogP contribution in [0.4, 0.5) is 0 Å². The van der Waals surface area contributed by atoms with Crippen molar-refractivity contribution in [1.29, 1.82) is 0 Å². The van der Waals surface area contributed by atoms with Gasteiger partial charge in [0.25, 0.3) is 0 Å². The van der Waals surface area contributed by atoms with Crippen molar-refractivity contribution in [2.45, 2.75) is 19.3 Å². The number of aryl methyl sites for hydroxylation is 1. The molecule has 0 bridgehead atoms. The lowest BCUT2D eigenvalue weighted by Gasteiger charge is -2.09. The van der Waals surface area contributed by atoms with E-state index in [2.05, 4.69) is 58.2 Å². The first-order chi connectivity index (χ1) is 10.8. The number of nitrogens with one attached hydrogen (secondary N) is 1. The van der Waals surface area contributed by atoms with E-state index in [4.69, 9.17) is 0 Å². The van der Waals surface area contributed by atoms with Gasteiger partial charge in [0.05, 0.1) is 0 Å². The Morgan fingerprint density at radius 1 is 1.27 bits per heavy atom. The van der Waals surface area contributed by atoms with Crippen LogP contribution in [0.2, 0.25) is 0 Å². The molecule has 22 heavy (non-hydrogen) atoms. The Labute approximate surface area is 135 Å². The van der Waals surface area contributed by atoms with Crippen LogP contribution in [-0.4, -0.2) is 30.0 Å². The number of aromatic amines is 1. The Morgan fingerprint density at radius 3 is 3.00 bits per heavy atom. The number of thiophene rings is 1. The molecular formula is C19H22N2S. The van der Waals surface area contributed by atoms with Crippen molar-refractivity contribution >= 4 is 22.2 Å². The average molecular weight is 310 g/mol. The first kappa shape index (κ1) is 14.0. The number of rotatable bonds is 4. The Bertz CT molecular complexity index is 757. The van der Waals surface area contributed by atoms with Crippen molar-refractivity contribution in [2.75, 3.05) is 20.1 Å². The van der Waals surface area contributed by atoms with E-state index >= 15 is 0 Å². The van der Waals surface area contributed by atoms with Crippen molar-refractivity contribution in [1.82, 2.24) is 9.88 Å². The summed E-state index contributed by atoms with van der Waals surface area (Å²) in [5, 5.41) is 5.77. The van der Waals surface area contributed by atoms with Crippen LogP contribution < -0.4 is 0 Å². The van der Waals surface area contributed by atoms with E-state index < -0.39 is 0 Å². The topological polar surface area (TPSA) is 19.0 Å². The summed E-state index contributed by atoms with van der Waals surface area (Å²) in [6.45, 7) is 2.53. The molecule has 2 nitrogen and oxygen atoms in total. The smallest absolute Gasteiger partial charge is 0.0457 e. The molecule has 114 valence electrons. The van der Waals surface area contributed by atoms with E-state index in [1.165, 1.54) is 59.9 Å². The lowest BCUT2D eigenvalue weighted by molar-refractivity contribution is 0.388. The van der Waals surface area contributed by atoms with Gasteiger partial charge in [0, 0.05) is 23.6 Å². The Balaban J connectivity index is 1.57. The highest BCUT2D eigenvalue weighted by Crippen LogP contribution is 2.29. The van der Waals surface area contributed by atoms with Crippen LogP contribution in [0.5, 0.6) is 0 Å². The number of H-pyrrole nitrogens is 1. The van der Waals surface area contributed by atoms with Crippen LogP contribution in [0.1, 0.15) is 18.4 Å². The number of nitrogens with zero attached hydrogens (tertiary/aromatic N) is 1. The molecular weight excluding hydrogens is 288 g/mol. The van der Waals surface area contributed by atoms with Gasteiger partial charge in [-0.1, -0.05) is 6.07 Å². The minimum absolute atomic E-state index is 0.870. The van der Waals surface area contributed by atoms with Gasteiger partial charge in [-0.25, -0.2) is 0 Å². The molecule has 3 heterocycles. The molecule has 1 aromatic carbocycles. The minimum Gasteiger partial charge on any atom is -0.361 e. The van der Waals surface area contributed by atoms with Crippen molar-refractivity contribution < 1.29 is 0 Å². The van der Waals surface area contributed by atoms with Crippen LogP contribution in [0.3, 0.4) is 0 Å². The number of fused-ring (bicyclic) bond motifs is 1. The fraction of sp³-hybridized carbons (Fsp3) is 0.368. The van der Waals surface area contributed by atoms with Crippen molar-refractivity contribution in [3.63, 3.8) is 0 Å². The van der Waals surface area contributed by atoms with Gasteiger partial charge in [-0.3, -0.25) is 0 Å². The maximum Gasteiger partial charge on any atom is 0.0457 e. The molecule has 0 radical (unpaired) electrons. The number of hydrogen-bond donors (Lipinski definition) is 1. The standard InChI is InChI=1S/C19H22N2S/c1-21-8-6-14(12-21)2-3-16-11-20-19-5-4-15(10-18(16)19)17-7-9-22-13-17/h4-5,7,9-11,13-14,20H,2-3,6,8,12H2,1H3. The van der Waals surface area contributed by atoms with Gasteiger partial charge in [-0.2, -0.15) is 11.3 Å². The van der Waals surface area contributed by atoms with Crippen LogP contribution in [-0.2, 0) is 6.42 Å². The summed E-state index contributed by atoms with van der Waals surface area (Å²) in [4.78, 5) is 5.89. The molecule has 1 atom stereocenters. The summed E-state index contributed by atoms with van der Waals surface area (Å²) in [7, 11) is 2.23. The lowest BCUT2D eigenvalue weighted by atomic mass is 9.97. The normalized spacial score (nSPS) is 19.2. The molecule has 1 aliphatic rings. The predicted octanol–water partition coefficient (Wildman–Crippen LogP) is 4.78. The van der Waals surface area contributed by atoms with Crippen LogP contribution >= 0.6 is 11.3 Å². The molecule has 1 fully saturated rings. The molecule has 0 spiro atoms. The molecule has 1 unspecified atom stereocenters. The van der Waals surface area contributed by atoms with E-state index in [-0.39, 0.29) is 0 Å². The maximum atomic E-state index is 3.44. The first-order valence-electron chi connectivity index (χ1n) is 8.11. The van der Waals surface area contributed by atoms with E-state index in [0.29, 0.717) is 0 Å². The third kappa shape index (κ3) is 2.71. The van der Waals surface area contributed by atoms with Gasteiger partial charge in [-0.05, 0) is 84.4 Å². The van der Waals surface area contributed by atoms with Crippen molar-refractivity contribution in [3.8, 4) is 11.1 Å². The summed E-state index contributed by atoms with van der Waals surface area (Å²) < 4.78 is 0. The molecule has 1 saturated heterocycles. The molecule has 1 aliphatic heterocycles. The van der Waals surface area contributed by atoms with Crippen molar-refractivity contribution in [3.05, 3.63) is 46.8 Å². The van der Waals surface area contributed by atoms with Gasteiger partial charge in [0.15, 0.2) is 0 Å². The van der Waals surface area contributed by atoms with E-state index in [9.17, 15) is 0 Å². The fourth-order valence-electron chi connectivity index (χ4n) is 3.62.